The van der Waals surface area contributed by atoms with E-state index >= 15 is 0 Å². The highest BCUT2D eigenvalue weighted by Crippen LogP contribution is 2.30. The molecule has 0 amide bonds. The van der Waals surface area contributed by atoms with Gasteiger partial charge in [0.15, 0.2) is 0 Å². The molecule has 1 fully saturated rings. The maximum Gasteiger partial charge on any atom is 0.300 e. The minimum absolute atomic E-state index is 0.182. The molecule has 1 rings (SSSR count). The first-order chi connectivity index (χ1) is 5.91. The summed E-state index contributed by atoms with van der Waals surface area (Å²) in [6, 6.07) is 0.182. The Morgan fingerprint density at radius 2 is 2.00 bits per heavy atom. The second kappa shape index (κ2) is 4.15. The lowest BCUT2D eigenvalue weighted by Gasteiger charge is -2.18. The third-order valence-electron chi connectivity index (χ3n) is 2.16. The molecule has 1 aliphatic rings. The Bertz CT molecular complexity index is 259. The summed E-state index contributed by atoms with van der Waals surface area (Å²) < 4.78 is 23.7. The lowest BCUT2D eigenvalue weighted by molar-refractivity contribution is 0.381. The molecule has 3 nitrogen and oxygen atoms in total. The van der Waals surface area contributed by atoms with Crippen molar-refractivity contribution in [1.29, 1.82) is 0 Å². The van der Waals surface area contributed by atoms with E-state index in [0.717, 1.165) is 19.3 Å². The van der Waals surface area contributed by atoms with Crippen molar-refractivity contribution in [3.63, 3.8) is 0 Å². The molecular weight excluding hydrogens is 210 g/mol. The van der Waals surface area contributed by atoms with Crippen molar-refractivity contribution in [2.45, 2.75) is 39.2 Å². The molecule has 0 aromatic carbocycles. The summed E-state index contributed by atoms with van der Waals surface area (Å²) in [5.74, 6) is 0.514. The molecule has 1 aliphatic carbocycles. The SMILES string of the molecule is CC(C)CCN(C1CC1)S(=O)(=O)Cl. The molecule has 1 saturated carbocycles. The van der Waals surface area contributed by atoms with E-state index in [0.29, 0.717) is 12.5 Å². The van der Waals surface area contributed by atoms with E-state index in [-0.39, 0.29) is 6.04 Å². The third kappa shape index (κ3) is 3.83. The van der Waals surface area contributed by atoms with Crippen LogP contribution in [0.3, 0.4) is 0 Å². The van der Waals surface area contributed by atoms with Crippen molar-refractivity contribution in [3.05, 3.63) is 0 Å². The van der Waals surface area contributed by atoms with Crippen LogP contribution in [-0.4, -0.2) is 25.3 Å². The van der Waals surface area contributed by atoms with Gasteiger partial charge in [0.1, 0.15) is 0 Å². The molecule has 0 atom stereocenters. The van der Waals surface area contributed by atoms with Gasteiger partial charge in [-0.25, -0.2) is 0 Å². The third-order valence-corrected chi connectivity index (χ3v) is 3.73. The molecule has 0 spiro atoms. The lowest BCUT2D eigenvalue weighted by Crippen LogP contribution is -2.31. The van der Waals surface area contributed by atoms with Crippen molar-refractivity contribution in [2.24, 2.45) is 5.92 Å². The van der Waals surface area contributed by atoms with Gasteiger partial charge in [0, 0.05) is 23.3 Å². The molecule has 0 radical (unpaired) electrons. The van der Waals surface area contributed by atoms with Gasteiger partial charge in [-0.15, -0.1) is 0 Å². The van der Waals surface area contributed by atoms with E-state index in [1.54, 1.807) is 0 Å². The monoisotopic (exact) mass is 225 g/mol. The topological polar surface area (TPSA) is 37.4 Å². The van der Waals surface area contributed by atoms with Crippen molar-refractivity contribution in [3.8, 4) is 0 Å². The van der Waals surface area contributed by atoms with Gasteiger partial charge in [-0.2, -0.15) is 12.7 Å². The summed E-state index contributed by atoms with van der Waals surface area (Å²) in [7, 11) is 1.82. The zero-order chi connectivity index (χ0) is 10.1. The standard InChI is InChI=1S/C8H16ClNO2S/c1-7(2)5-6-10(8-3-4-8)13(9,11)12/h7-8H,3-6H2,1-2H3. The number of halogens is 1. The van der Waals surface area contributed by atoms with E-state index < -0.39 is 9.24 Å². The maximum absolute atomic E-state index is 11.1. The average molecular weight is 226 g/mol. The van der Waals surface area contributed by atoms with E-state index in [1.807, 2.05) is 0 Å². The second-order valence-corrected chi connectivity index (χ2v) is 6.43. The fourth-order valence-corrected chi connectivity index (χ4v) is 2.65. The first-order valence-electron chi connectivity index (χ1n) is 4.62. The van der Waals surface area contributed by atoms with Crippen LogP contribution >= 0.6 is 10.7 Å². The molecule has 13 heavy (non-hydrogen) atoms. The van der Waals surface area contributed by atoms with E-state index in [1.165, 1.54) is 4.31 Å². The number of hydrogen-bond donors (Lipinski definition) is 0. The smallest absolute Gasteiger partial charge is 0.195 e. The Morgan fingerprint density at radius 1 is 1.46 bits per heavy atom. The Morgan fingerprint density at radius 3 is 2.31 bits per heavy atom. The summed E-state index contributed by atoms with van der Waals surface area (Å²) in [5.41, 5.74) is 0. The van der Waals surface area contributed by atoms with Gasteiger partial charge >= 0.3 is 0 Å². The van der Waals surface area contributed by atoms with E-state index in [2.05, 4.69) is 13.8 Å². The summed E-state index contributed by atoms with van der Waals surface area (Å²) in [4.78, 5) is 0. The van der Waals surface area contributed by atoms with Gasteiger partial charge in [0.05, 0.1) is 0 Å². The summed E-state index contributed by atoms with van der Waals surface area (Å²) in [6.45, 7) is 4.71. The minimum atomic E-state index is -3.49. The van der Waals surface area contributed by atoms with Crippen LogP contribution in [-0.2, 0) is 9.24 Å². The molecule has 0 bridgehead atoms. The van der Waals surface area contributed by atoms with Crippen molar-refractivity contribution in [1.82, 2.24) is 4.31 Å². The van der Waals surface area contributed by atoms with Crippen molar-refractivity contribution < 1.29 is 8.42 Å². The first kappa shape index (κ1) is 11.3. The molecule has 5 heteroatoms. The molecule has 0 saturated heterocycles. The van der Waals surface area contributed by atoms with E-state index in [9.17, 15) is 8.42 Å². The van der Waals surface area contributed by atoms with Crippen LogP contribution in [0.4, 0.5) is 0 Å². The summed E-state index contributed by atoms with van der Waals surface area (Å²) in [5, 5.41) is 0. The van der Waals surface area contributed by atoms with Crippen molar-refractivity contribution >= 4 is 19.9 Å². The first-order valence-corrected chi connectivity index (χ1v) is 6.89. The number of nitrogens with zero attached hydrogens (tertiary/aromatic N) is 1. The van der Waals surface area contributed by atoms with E-state index in [4.69, 9.17) is 10.7 Å². The zero-order valence-electron chi connectivity index (χ0n) is 8.03. The largest absolute Gasteiger partial charge is 0.300 e. The normalized spacial score (nSPS) is 18.5. The number of rotatable bonds is 5. The molecule has 78 valence electrons. The fourth-order valence-electron chi connectivity index (χ4n) is 1.22. The fraction of sp³-hybridized carbons (Fsp3) is 1.00. The zero-order valence-corrected chi connectivity index (χ0v) is 9.61. The van der Waals surface area contributed by atoms with Crippen LogP contribution < -0.4 is 0 Å². The Labute approximate surface area is 84.6 Å². The quantitative estimate of drug-likeness (QED) is 0.671. The Hall–Kier alpha value is 0.200. The predicted molar refractivity (Wildman–Crippen MR) is 54.0 cm³/mol. The average Bonchev–Trinajstić information content (AvgIpc) is 2.67. The Balaban J connectivity index is 2.49. The van der Waals surface area contributed by atoms with Crippen molar-refractivity contribution in [2.75, 3.05) is 6.54 Å². The lowest BCUT2D eigenvalue weighted by atomic mass is 10.1. The molecular formula is C8H16ClNO2S. The molecule has 0 N–H and O–H groups in total. The highest BCUT2D eigenvalue weighted by molar-refractivity contribution is 8.11. The van der Waals surface area contributed by atoms with Gasteiger partial charge in [0.2, 0.25) is 0 Å². The van der Waals surface area contributed by atoms with Crippen LogP contribution in [0.1, 0.15) is 33.1 Å². The Kier molecular flexibility index (Phi) is 3.60. The minimum Gasteiger partial charge on any atom is -0.195 e. The van der Waals surface area contributed by atoms with Crippen LogP contribution in [0.25, 0.3) is 0 Å². The molecule has 0 unspecified atom stereocenters. The number of hydrogen-bond acceptors (Lipinski definition) is 2. The van der Waals surface area contributed by atoms with Crippen LogP contribution in [0.5, 0.6) is 0 Å². The summed E-state index contributed by atoms with van der Waals surface area (Å²) >= 11 is 0. The molecule has 0 aliphatic heterocycles. The van der Waals surface area contributed by atoms with Gasteiger partial charge < -0.3 is 0 Å². The highest BCUT2D eigenvalue weighted by Gasteiger charge is 2.35. The van der Waals surface area contributed by atoms with Gasteiger partial charge in [-0.05, 0) is 25.2 Å². The second-order valence-electron chi connectivity index (χ2n) is 3.97. The summed E-state index contributed by atoms with van der Waals surface area (Å²) in [6.07, 6.45) is 2.80. The van der Waals surface area contributed by atoms with Crippen LogP contribution in [0.2, 0.25) is 0 Å². The molecule has 0 aromatic heterocycles. The predicted octanol–water partition coefficient (Wildman–Crippen LogP) is 1.98. The maximum atomic E-state index is 11.1. The van der Waals surface area contributed by atoms with Crippen LogP contribution in [0.15, 0.2) is 0 Å². The van der Waals surface area contributed by atoms with Gasteiger partial charge in [-0.1, -0.05) is 13.8 Å². The molecule has 0 heterocycles. The van der Waals surface area contributed by atoms with Gasteiger partial charge in [-0.3, -0.25) is 0 Å². The molecule has 0 aromatic rings. The highest BCUT2D eigenvalue weighted by atomic mass is 35.7. The van der Waals surface area contributed by atoms with Gasteiger partial charge in [0.25, 0.3) is 9.24 Å². The van der Waals surface area contributed by atoms with Crippen LogP contribution in [0, 0.1) is 5.92 Å².